The van der Waals surface area contributed by atoms with E-state index in [1.165, 1.54) is 0 Å². The molecule has 0 spiro atoms. The third-order valence-electron chi connectivity index (χ3n) is 4.92. The summed E-state index contributed by atoms with van der Waals surface area (Å²) in [6.07, 6.45) is 2.32. The Bertz CT molecular complexity index is 835. The molecule has 3 atom stereocenters. The molecule has 1 aromatic rings. The molecule has 3 unspecified atom stereocenters. The summed E-state index contributed by atoms with van der Waals surface area (Å²) in [6, 6.07) is 6.57. The van der Waals surface area contributed by atoms with Gasteiger partial charge in [0.2, 0.25) is 5.91 Å². The number of sulfonamides is 1. The van der Waals surface area contributed by atoms with Crippen LogP contribution in [0.2, 0.25) is 0 Å². The molecular formula is C19H28N4O3S. The minimum absolute atomic E-state index is 0.121. The highest BCUT2D eigenvalue weighted by atomic mass is 32.2. The minimum atomic E-state index is -3.61. The van der Waals surface area contributed by atoms with Crippen LogP contribution in [0.4, 0.5) is 0 Å². The first-order chi connectivity index (χ1) is 12.8. The fourth-order valence-electron chi connectivity index (χ4n) is 3.61. The van der Waals surface area contributed by atoms with Crippen molar-refractivity contribution in [2.45, 2.75) is 63.1 Å². The van der Waals surface area contributed by atoms with Crippen LogP contribution in [0.1, 0.15) is 45.6 Å². The number of hydrogen-bond donors (Lipinski definition) is 3. The van der Waals surface area contributed by atoms with Crippen molar-refractivity contribution in [3.05, 3.63) is 29.8 Å². The van der Waals surface area contributed by atoms with Gasteiger partial charge in [-0.3, -0.25) is 14.5 Å². The Kier molecular flexibility index (Phi) is 5.86. The van der Waals surface area contributed by atoms with E-state index in [2.05, 4.69) is 27.3 Å². The highest BCUT2D eigenvalue weighted by Gasteiger charge is 2.32. The quantitative estimate of drug-likeness (QED) is 0.705. The number of fused-ring (bicyclic) bond motifs is 1. The summed E-state index contributed by atoms with van der Waals surface area (Å²) in [5.41, 5.74) is 0.523. The summed E-state index contributed by atoms with van der Waals surface area (Å²) < 4.78 is 27.1. The Morgan fingerprint density at radius 2 is 2.07 bits per heavy atom. The standard InChI is InChI=1S/C19H28N4O3S/c1-12(2)10-16(19(24)21-14-8-9-20-13(3)11-14)22-18-15-6-4-5-7-17(15)27(25,26)23-18/h4-7,12-14,16,20H,8-11H2,1-3H3,(H,21,24)(H,22,23). The van der Waals surface area contributed by atoms with Gasteiger partial charge in [0.1, 0.15) is 11.9 Å². The lowest BCUT2D eigenvalue weighted by atomic mass is 9.98. The number of nitrogens with one attached hydrogen (secondary N) is 3. The van der Waals surface area contributed by atoms with Gasteiger partial charge in [0.25, 0.3) is 10.0 Å². The lowest BCUT2D eigenvalue weighted by Crippen LogP contribution is -2.49. The molecule has 2 heterocycles. The molecule has 7 nitrogen and oxygen atoms in total. The van der Waals surface area contributed by atoms with Crippen molar-refractivity contribution >= 4 is 21.8 Å². The average molecular weight is 393 g/mol. The molecule has 1 fully saturated rings. The summed E-state index contributed by atoms with van der Waals surface area (Å²) in [5.74, 6) is 0.370. The molecule has 0 aromatic heterocycles. The second kappa shape index (κ2) is 7.98. The molecule has 27 heavy (non-hydrogen) atoms. The van der Waals surface area contributed by atoms with Crippen molar-refractivity contribution in [1.82, 2.24) is 15.4 Å². The number of benzene rings is 1. The van der Waals surface area contributed by atoms with E-state index in [0.717, 1.165) is 19.4 Å². The summed E-state index contributed by atoms with van der Waals surface area (Å²) in [7, 11) is -3.61. The predicted octanol–water partition coefficient (Wildman–Crippen LogP) is 1.40. The van der Waals surface area contributed by atoms with E-state index in [9.17, 15) is 13.2 Å². The van der Waals surface area contributed by atoms with E-state index in [-0.39, 0.29) is 28.6 Å². The number of carbonyl (C=O) groups is 1. The van der Waals surface area contributed by atoms with Crippen LogP contribution in [0.15, 0.2) is 34.2 Å². The highest BCUT2D eigenvalue weighted by Crippen LogP contribution is 2.23. The molecule has 3 rings (SSSR count). The molecular weight excluding hydrogens is 364 g/mol. The van der Waals surface area contributed by atoms with E-state index in [1.807, 2.05) is 13.8 Å². The fraction of sp³-hybridized carbons (Fsp3) is 0.579. The number of aliphatic imine (C=N–C) groups is 1. The van der Waals surface area contributed by atoms with E-state index in [0.29, 0.717) is 18.0 Å². The fourth-order valence-corrected chi connectivity index (χ4v) is 4.85. The lowest BCUT2D eigenvalue weighted by Gasteiger charge is -2.29. The summed E-state index contributed by atoms with van der Waals surface area (Å²) in [4.78, 5) is 17.6. The summed E-state index contributed by atoms with van der Waals surface area (Å²) >= 11 is 0. The zero-order valence-corrected chi connectivity index (χ0v) is 16.8. The smallest absolute Gasteiger partial charge is 0.263 e. The van der Waals surface area contributed by atoms with Gasteiger partial charge in [0.05, 0.1) is 4.90 Å². The van der Waals surface area contributed by atoms with E-state index < -0.39 is 16.1 Å². The molecule has 0 bridgehead atoms. The third-order valence-corrected chi connectivity index (χ3v) is 6.31. The molecule has 8 heteroatoms. The zero-order chi connectivity index (χ0) is 19.6. The number of nitrogens with zero attached hydrogens (tertiary/aromatic N) is 1. The topological polar surface area (TPSA) is 99.7 Å². The van der Waals surface area contributed by atoms with Gasteiger partial charge in [-0.1, -0.05) is 26.0 Å². The first-order valence-electron chi connectivity index (χ1n) is 9.50. The number of hydrogen-bond acceptors (Lipinski definition) is 5. The maximum atomic E-state index is 12.9. The summed E-state index contributed by atoms with van der Waals surface area (Å²) in [5, 5.41) is 6.48. The molecule has 148 valence electrons. The maximum absolute atomic E-state index is 12.9. The summed E-state index contributed by atoms with van der Waals surface area (Å²) in [6.45, 7) is 7.04. The predicted molar refractivity (Wildman–Crippen MR) is 105 cm³/mol. The van der Waals surface area contributed by atoms with Crippen molar-refractivity contribution in [1.29, 1.82) is 0 Å². The van der Waals surface area contributed by atoms with Gasteiger partial charge in [0, 0.05) is 17.6 Å². The molecule has 2 aliphatic rings. The molecule has 1 amide bonds. The Morgan fingerprint density at radius 3 is 2.78 bits per heavy atom. The van der Waals surface area contributed by atoms with E-state index >= 15 is 0 Å². The van der Waals surface area contributed by atoms with Crippen molar-refractivity contribution in [3.8, 4) is 0 Å². The number of amidine groups is 1. The van der Waals surface area contributed by atoms with Gasteiger partial charge in [-0.2, -0.15) is 0 Å². The number of amides is 1. The van der Waals surface area contributed by atoms with Crippen LogP contribution in [-0.4, -0.2) is 44.8 Å². The molecule has 0 aliphatic carbocycles. The van der Waals surface area contributed by atoms with Crippen LogP contribution >= 0.6 is 0 Å². The Hall–Kier alpha value is -1.93. The lowest BCUT2D eigenvalue weighted by molar-refractivity contribution is -0.123. The molecule has 3 N–H and O–H groups in total. The van der Waals surface area contributed by atoms with Crippen LogP contribution in [0.25, 0.3) is 0 Å². The van der Waals surface area contributed by atoms with Crippen molar-refractivity contribution in [3.63, 3.8) is 0 Å². The van der Waals surface area contributed by atoms with E-state index in [4.69, 9.17) is 0 Å². The first-order valence-corrected chi connectivity index (χ1v) is 11.0. The van der Waals surface area contributed by atoms with Crippen LogP contribution in [-0.2, 0) is 14.8 Å². The number of rotatable bonds is 5. The normalized spacial score (nSPS) is 26.4. The molecule has 1 saturated heterocycles. The largest absolute Gasteiger partial charge is 0.351 e. The molecule has 0 radical (unpaired) electrons. The van der Waals surface area contributed by atoms with Gasteiger partial charge < -0.3 is 10.6 Å². The van der Waals surface area contributed by atoms with Gasteiger partial charge in [-0.05, 0) is 50.8 Å². The van der Waals surface area contributed by atoms with E-state index in [1.54, 1.807) is 24.3 Å². The van der Waals surface area contributed by atoms with Crippen LogP contribution in [0.3, 0.4) is 0 Å². The second-order valence-corrected chi connectivity index (χ2v) is 9.46. The number of carbonyl (C=O) groups excluding carboxylic acids is 1. The minimum Gasteiger partial charge on any atom is -0.351 e. The van der Waals surface area contributed by atoms with Gasteiger partial charge in [-0.25, -0.2) is 8.42 Å². The van der Waals surface area contributed by atoms with Gasteiger partial charge in [0.15, 0.2) is 0 Å². The SMILES string of the molecule is CC(C)CC(N=C1NS(=O)(=O)c2ccccc21)C(=O)NC1CCNC(C)C1. The third kappa shape index (κ3) is 4.68. The van der Waals surface area contributed by atoms with Gasteiger partial charge in [-0.15, -0.1) is 0 Å². The zero-order valence-electron chi connectivity index (χ0n) is 16.0. The number of piperidine rings is 1. The van der Waals surface area contributed by atoms with Crippen molar-refractivity contribution in [2.75, 3.05) is 6.54 Å². The molecule has 1 aromatic carbocycles. The second-order valence-electron chi connectivity index (χ2n) is 7.81. The Morgan fingerprint density at radius 1 is 1.33 bits per heavy atom. The van der Waals surface area contributed by atoms with Gasteiger partial charge >= 0.3 is 0 Å². The molecule has 2 aliphatic heterocycles. The van der Waals surface area contributed by atoms with Crippen molar-refractivity contribution in [2.24, 2.45) is 10.9 Å². The Labute approximate surface area is 161 Å². The van der Waals surface area contributed by atoms with Crippen LogP contribution in [0.5, 0.6) is 0 Å². The highest BCUT2D eigenvalue weighted by molar-refractivity contribution is 7.90. The van der Waals surface area contributed by atoms with Crippen LogP contribution in [0, 0.1) is 5.92 Å². The Balaban J connectivity index is 1.83. The van der Waals surface area contributed by atoms with Crippen LogP contribution < -0.4 is 15.4 Å². The maximum Gasteiger partial charge on any atom is 0.263 e. The monoisotopic (exact) mass is 392 g/mol. The van der Waals surface area contributed by atoms with Crippen molar-refractivity contribution < 1.29 is 13.2 Å². The average Bonchev–Trinajstić information content (AvgIpc) is 2.85. The first kappa shape index (κ1) is 19.8. The molecule has 0 saturated carbocycles.